The number of hydrogen-bond donors (Lipinski definition) is 1. The molecule has 0 aromatic heterocycles. The molecular weight excluding hydrogens is 314 g/mol. The Balaban J connectivity index is 2.08. The molecule has 2 aromatic carbocycles. The van der Waals surface area contributed by atoms with Crippen molar-refractivity contribution in [3.63, 3.8) is 0 Å². The quantitative estimate of drug-likeness (QED) is 0.841. The van der Waals surface area contributed by atoms with Gasteiger partial charge in [-0.2, -0.15) is 0 Å². The number of carbonyl (C=O) groups is 2. The van der Waals surface area contributed by atoms with Gasteiger partial charge in [0.15, 0.2) is 0 Å². The summed E-state index contributed by atoms with van der Waals surface area (Å²) >= 11 is 0. The van der Waals surface area contributed by atoms with Crippen LogP contribution >= 0.6 is 0 Å². The Morgan fingerprint density at radius 3 is 2.20 bits per heavy atom. The van der Waals surface area contributed by atoms with Crippen molar-refractivity contribution in [1.82, 2.24) is 5.32 Å². The zero-order valence-electron chi connectivity index (χ0n) is 15.2. The molecule has 4 heteroatoms. The Morgan fingerprint density at radius 2 is 1.60 bits per heavy atom. The number of nitrogens with one attached hydrogen (secondary N) is 1. The number of amides is 1. The lowest BCUT2D eigenvalue weighted by Gasteiger charge is -2.29. The fourth-order valence-electron chi connectivity index (χ4n) is 2.44. The van der Waals surface area contributed by atoms with Crippen molar-refractivity contribution < 1.29 is 14.3 Å². The summed E-state index contributed by atoms with van der Waals surface area (Å²) in [5.74, 6) is -0.714. The van der Waals surface area contributed by atoms with Gasteiger partial charge in [0.2, 0.25) is 0 Å². The van der Waals surface area contributed by atoms with Gasteiger partial charge in [-0.05, 0) is 35.6 Å². The van der Waals surface area contributed by atoms with Gasteiger partial charge in [-0.15, -0.1) is 0 Å². The van der Waals surface area contributed by atoms with E-state index in [2.05, 4.69) is 5.32 Å². The molecule has 2 aromatic rings. The van der Waals surface area contributed by atoms with Crippen LogP contribution < -0.4 is 5.32 Å². The highest BCUT2D eigenvalue weighted by molar-refractivity contribution is 5.96. The molecule has 1 atom stereocenters. The minimum atomic E-state index is -0.732. The van der Waals surface area contributed by atoms with Crippen LogP contribution in [0.3, 0.4) is 0 Å². The summed E-state index contributed by atoms with van der Waals surface area (Å²) in [5.41, 5.74) is 2.07. The maximum Gasteiger partial charge on any atom is 0.329 e. The molecule has 2 rings (SSSR count). The first-order valence-corrected chi connectivity index (χ1v) is 8.36. The average molecular weight is 339 g/mol. The number of hydrogen-bond acceptors (Lipinski definition) is 3. The monoisotopic (exact) mass is 339 g/mol. The first kappa shape index (κ1) is 18.7. The third kappa shape index (κ3) is 5.18. The Kier molecular flexibility index (Phi) is 5.97. The second kappa shape index (κ2) is 7.97. The third-order valence-electron chi connectivity index (χ3n) is 4.04. The van der Waals surface area contributed by atoms with E-state index in [1.165, 1.54) is 0 Å². The van der Waals surface area contributed by atoms with Crippen LogP contribution in [0.25, 0.3) is 0 Å². The number of benzene rings is 2. The molecule has 1 amide bonds. The zero-order chi connectivity index (χ0) is 18.4. The van der Waals surface area contributed by atoms with Gasteiger partial charge in [0.1, 0.15) is 12.6 Å². The van der Waals surface area contributed by atoms with E-state index in [0.717, 1.165) is 11.1 Å². The van der Waals surface area contributed by atoms with Crippen LogP contribution in [0, 0.1) is 12.3 Å². The smallest absolute Gasteiger partial charge is 0.329 e. The molecule has 0 bridgehead atoms. The fraction of sp³-hybridized carbons (Fsp3) is 0.333. The standard InChI is InChI=1S/C21H25NO3/c1-15-10-8-9-13-17(15)14-25-20(24)18(21(2,3)4)22-19(23)16-11-6-5-7-12-16/h5-13,18H,14H2,1-4H3,(H,22,23)/t18-/m1/s1. The van der Waals surface area contributed by atoms with Gasteiger partial charge in [-0.3, -0.25) is 4.79 Å². The fourth-order valence-corrected chi connectivity index (χ4v) is 2.44. The molecule has 0 spiro atoms. The molecule has 0 saturated carbocycles. The summed E-state index contributed by atoms with van der Waals surface area (Å²) in [4.78, 5) is 25.0. The second-order valence-corrected chi connectivity index (χ2v) is 7.17. The van der Waals surface area contributed by atoms with Crippen molar-refractivity contribution in [2.75, 3.05) is 0 Å². The van der Waals surface area contributed by atoms with Gasteiger partial charge in [0.05, 0.1) is 0 Å². The van der Waals surface area contributed by atoms with Crippen LogP contribution in [-0.2, 0) is 16.1 Å². The van der Waals surface area contributed by atoms with E-state index in [0.29, 0.717) is 5.56 Å². The molecule has 0 fully saturated rings. The van der Waals surface area contributed by atoms with Crippen molar-refractivity contribution in [2.24, 2.45) is 5.41 Å². The average Bonchev–Trinajstić information content (AvgIpc) is 2.58. The van der Waals surface area contributed by atoms with Crippen molar-refractivity contribution in [3.05, 3.63) is 71.3 Å². The van der Waals surface area contributed by atoms with Crippen LogP contribution in [0.2, 0.25) is 0 Å². The molecule has 0 aliphatic heterocycles. The van der Waals surface area contributed by atoms with Crippen molar-refractivity contribution >= 4 is 11.9 Å². The largest absolute Gasteiger partial charge is 0.459 e. The van der Waals surface area contributed by atoms with Crippen molar-refractivity contribution in [1.29, 1.82) is 0 Å². The molecular formula is C21H25NO3. The molecule has 0 saturated heterocycles. The van der Waals surface area contributed by atoms with Crippen molar-refractivity contribution in [3.8, 4) is 0 Å². The lowest BCUT2D eigenvalue weighted by Crippen LogP contribution is -2.49. The summed E-state index contributed by atoms with van der Waals surface area (Å²) < 4.78 is 5.48. The predicted octanol–water partition coefficient (Wildman–Crippen LogP) is 3.88. The van der Waals surface area contributed by atoms with Gasteiger partial charge >= 0.3 is 5.97 Å². The van der Waals surface area contributed by atoms with Gasteiger partial charge in [0, 0.05) is 5.56 Å². The van der Waals surface area contributed by atoms with Crippen LogP contribution in [0.15, 0.2) is 54.6 Å². The van der Waals surface area contributed by atoms with Crippen LogP contribution in [0.5, 0.6) is 0 Å². The summed E-state index contributed by atoms with van der Waals surface area (Å²) in [6, 6.07) is 15.9. The van der Waals surface area contributed by atoms with E-state index in [1.807, 2.05) is 58.0 Å². The minimum absolute atomic E-state index is 0.194. The SMILES string of the molecule is Cc1ccccc1COC(=O)[C@@H](NC(=O)c1ccccc1)C(C)(C)C. The number of aryl methyl sites for hydroxylation is 1. The highest BCUT2D eigenvalue weighted by Crippen LogP contribution is 2.22. The van der Waals surface area contributed by atoms with Crippen LogP contribution in [0.4, 0.5) is 0 Å². The highest BCUT2D eigenvalue weighted by Gasteiger charge is 2.34. The lowest BCUT2D eigenvalue weighted by atomic mass is 9.86. The topological polar surface area (TPSA) is 55.4 Å². The molecule has 0 aliphatic rings. The molecule has 0 unspecified atom stereocenters. The van der Waals surface area contributed by atoms with E-state index in [4.69, 9.17) is 4.74 Å². The summed E-state index contributed by atoms with van der Waals surface area (Å²) in [5, 5.41) is 2.81. The molecule has 132 valence electrons. The van der Waals surface area contributed by atoms with Crippen LogP contribution in [-0.4, -0.2) is 17.9 Å². The van der Waals surface area contributed by atoms with E-state index in [-0.39, 0.29) is 12.5 Å². The number of esters is 1. The summed E-state index contributed by atoms with van der Waals surface area (Å²) in [7, 11) is 0. The Hall–Kier alpha value is -2.62. The number of ether oxygens (including phenoxy) is 1. The summed E-state index contributed by atoms with van der Waals surface area (Å²) in [6.07, 6.45) is 0. The Labute approximate surface area is 149 Å². The molecule has 0 heterocycles. The van der Waals surface area contributed by atoms with E-state index in [9.17, 15) is 9.59 Å². The van der Waals surface area contributed by atoms with E-state index >= 15 is 0 Å². The van der Waals surface area contributed by atoms with Gasteiger partial charge in [-0.1, -0.05) is 63.2 Å². The normalized spacial score (nSPS) is 12.3. The van der Waals surface area contributed by atoms with Crippen LogP contribution in [0.1, 0.15) is 42.3 Å². The maximum absolute atomic E-state index is 12.6. The first-order chi connectivity index (χ1) is 11.8. The summed E-state index contributed by atoms with van der Waals surface area (Å²) in [6.45, 7) is 7.87. The highest BCUT2D eigenvalue weighted by atomic mass is 16.5. The molecule has 1 N–H and O–H groups in total. The Morgan fingerprint density at radius 1 is 1.00 bits per heavy atom. The molecule has 25 heavy (non-hydrogen) atoms. The second-order valence-electron chi connectivity index (χ2n) is 7.17. The molecule has 0 radical (unpaired) electrons. The third-order valence-corrected chi connectivity index (χ3v) is 4.04. The van der Waals surface area contributed by atoms with E-state index in [1.54, 1.807) is 24.3 Å². The first-order valence-electron chi connectivity index (χ1n) is 8.36. The van der Waals surface area contributed by atoms with Gasteiger partial charge in [-0.25, -0.2) is 4.79 Å². The number of carbonyl (C=O) groups excluding carboxylic acids is 2. The van der Waals surface area contributed by atoms with E-state index < -0.39 is 17.4 Å². The minimum Gasteiger partial charge on any atom is -0.459 e. The molecule has 4 nitrogen and oxygen atoms in total. The predicted molar refractivity (Wildman–Crippen MR) is 98.1 cm³/mol. The van der Waals surface area contributed by atoms with Gasteiger partial charge in [0.25, 0.3) is 5.91 Å². The van der Waals surface area contributed by atoms with Crippen molar-refractivity contribution in [2.45, 2.75) is 40.3 Å². The number of rotatable bonds is 5. The van der Waals surface area contributed by atoms with Gasteiger partial charge < -0.3 is 10.1 Å². The maximum atomic E-state index is 12.6. The Bertz CT molecular complexity index is 732. The zero-order valence-corrected chi connectivity index (χ0v) is 15.2. The lowest BCUT2D eigenvalue weighted by molar-refractivity contribution is -0.150. The molecule has 0 aliphatic carbocycles.